The van der Waals surface area contributed by atoms with Gasteiger partial charge in [0.05, 0.1) is 25.0 Å². The summed E-state index contributed by atoms with van der Waals surface area (Å²) in [4.78, 5) is 0. The Hall–Kier alpha value is -2.59. The average Bonchev–Trinajstić information content (AvgIpc) is 3.03. The predicted molar refractivity (Wildman–Crippen MR) is 93.2 cm³/mol. The Morgan fingerprint density at radius 1 is 1.09 bits per heavy atom. The number of aliphatic hydroxyl groups excluding tert-OH is 1. The molecule has 4 heteroatoms. The summed E-state index contributed by atoms with van der Waals surface area (Å²) < 4.78 is 1.73. The van der Waals surface area contributed by atoms with E-state index in [1.165, 1.54) is 16.7 Å². The summed E-state index contributed by atoms with van der Waals surface area (Å²) in [6.45, 7) is 2.74. The molecule has 0 fully saturated rings. The van der Waals surface area contributed by atoms with Crippen LogP contribution in [0, 0.1) is 0 Å². The third-order valence-corrected chi connectivity index (χ3v) is 3.84. The minimum Gasteiger partial charge on any atom is -0.394 e. The van der Waals surface area contributed by atoms with Crippen LogP contribution >= 0.6 is 0 Å². The zero-order valence-electron chi connectivity index (χ0n) is 13.2. The first-order valence-corrected chi connectivity index (χ1v) is 7.81. The number of nitrogens with one attached hydrogen (secondary N) is 1. The normalized spacial score (nSPS) is 12.1. The SMILES string of the molecule is CC(Nc1cnn(CCO)c1)c1cccc(-c2ccccc2)c1. The van der Waals surface area contributed by atoms with Crippen LogP contribution in [0.25, 0.3) is 11.1 Å². The Bertz CT molecular complexity index is 752. The van der Waals surface area contributed by atoms with Crippen LogP contribution in [-0.4, -0.2) is 21.5 Å². The first kappa shape index (κ1) is 15.3. The second-order valence-electron chi connectivity index (χ2n) is 5.57. The van der Waals surface area contributed by atoms with Gasteiger partial charge in [-0.3, -0.25) is 4.68 Å². The monoisotopic (exact) mass is 307 g/mol. The van der Waals surface area contributed by atoms with Crippen LogP contribution in [0.3, 0.4) is 0 Å². The minimum absolute atomic E-state index is 0.0931. The number of rotatable bonds is 6. The van der Waals surface area contributed by atoms with Gasteiger partial charge in [0.25, 0.3) is 0 Å². The van der Waals surface area contributed by atoms with Crippen molar-refractivity contribution in [2.75, 3.05) is 11.9 Å². The Labute approximate surface area is 136 Å². The quantitative estimate of drug-likeness (QED) is 0.730. The van der Waals surface area contributed by atoms with Crippen molar-refractivity contribution in [3.05, 3.63) is 72.6 Å². The molecule has 23 heavy (non-hydrogen) atoms. The van der Waals surface area contributed by atoms with E-state index in [9.17, 15) is 0 Å². The van der Waals surface area contributed by atoms with Gasteiger partial charge in [-0.05, 0) is 29.7 Å². The van der Waals surface area contributed by atoms with Crippen molar-refractivity contribution >= 4 is 5.69 Å². The molecule has 0 aliphatic heterocycles. The molecule has 1 atom stereocenters. The first-order chi connectivity index (χ1) is 11.3. The molecule has 3 aromatic rings. The van der Waals surface area contributed by atoms with Gasteiger partial charge in [-0.25, -0.2) is 0 Å². The lowest BCUT2D eigenvalue weighted by Crippen LogP contribution is -2.06. The van der Waals surface area contributed by atoms with Crippen LogP contribution in [-0.2, 0) is 6.54 Å². The van der Waals surface area contributed by atoms with E-state index < -0.39 is 0 Å². The number of nitrogens with zero attached hydrogens (tertiary/aromatic N) is 2. The van der Waals surface area contributed by atoms with Gasteiger partial charge in [-0.2, -0.15) is 5.10 Å². The van der Waals surface area contributed by atoms with Crippen LogP contribution in [0.15, 0.2) is 67.0 Å². The molecule has 2 N–H and O–H groups in total. The number of hydrogen-bond donors (Lipinski definition) is 2. The molecule has 3 rings (SSSR count). The van der Waals surface area contributed by atoms with Crippen LogP contribution in [0.2, 0.25) is 0 Å². The van der Waals surface area contributed by atoms with Crippen LogP contribution in [0.1, 0.15) is 18.5 Å². The fourth-order valence-corrected chi connectivity index (χ4v) is 2.61. The molecule has 0 radical (unpaired) electrons. The highest BCUT2D eigenvalue weighted by atomic mass is 16.3. The van der Waals surface area contributed by atoms with E-state index in [-0.39, 0.29) is 12.6 Å². The fourth-order valence-electron chi connectivity index (χ4n) is 2.61. The summed E-state index contributed by atoms with van der Waals surface area (Å²) in [6, 6.07) is 19.1. The number of benzene rings is 2. The van der Waals surface area contributed by atoms with Crippen molar-refractivity contribution in [1.29, 1.82) is 0 Å². The van der Waals surface area contributed by atoms with E-state index in [4.69, 9.17) is 5.11 Å². The van der Waals surface area contributed by atoms with Gasteiger partial charge < -0.3 is 10.4 Å². The summed E-state index contributed by atoms with van der Waals surface area (Å²) >= 11 is 0. The third kappa shape index (κ3) is 3.79. The van der Waals surface area contributed by atoms with Crippen molar-refractivity contribution in [2.45, 2.75) is 19.5 Å². The zero-order valence-corrected chi connectivity index (χ0v) is 13.2. The maximum atomic E-state index is 8.95. The van der Waals surface area contributed by atoms with Crippen LogP contribution in [0.5, 0.6) is 0 Å². The molecule has 4 nitrogen and oxygen atoms in total. The second kappa shape index (κ2) is 7.11. The molecular formula is C19H21N3O. The zero-order chi connectivity index (χ0) is 16.1. The molecule has 0 aliphatic carbocycles. The number of hydrogen-bond acceptors (Lipinski definition) is 3. The first-order valence-electron chi connectivity index (χ1n) is 7.81. The smallest absolute Gasteiger partial charge is 0.0731 e. The molecule has 1 heterocycles. The molecule has 0 saturated heterocycles. The molecular weight excluding hydrogens is 286 g/mol. The Balaban J connectivity index is 1.75. The third-order valence-electron chi connectivity index (χ3n) is 3.84. The molecule has 1 aromatic heterocycles. The number of anilines is 1. The van der Waals surface area contributed by atoms with Gasteiger partial charge in [-0.1, -0.05) is 48.5 Å². The number of aliphatic hydroxyl groups is 1. The Kier molecular flexibility index (Phi) is 4.74. The van der Waals surface area contributed by atoms with Crippen molar-refractivity contribution < 1.29 is 5.11 Å². The summed E-state index contributed by atoms with van der Waals surface area (Å²) in [5, 5.41) is 16.6. The summed E-state index contributed by atoms with van der Waals surface area (Å²) in [5.41, 5.74) is 4.61. The van der Waals surface area contributed by atoms with E-state index in [2.05, 4.69) is 65.9 Å². The van der Waals surface area contributed by atoms with Crippen molar-refractivity contribution in [3.8, 4) is 11.1 Å². The van der Waals surface area contributed by atoms with Gasteiger partial charge in [0, 0.05) is 12.2 Å². The van der Waals surface area contributed by atoms with E-state index in [1.807, 2.05) is 12.3 Å². The van der Waals surface area contributed by atoms with Gasteiger partial charge in [0.2, 0.25) is 0 Å². The molecule has 0 amide bonds. The molecule has 0 saturated carbocycles. The predicted octanol–water partition coefficient (Wildman–Crippen LogP) is 3.72. The standard InChI is InChI=1S/C19H21N3O/c1-15(21-19-13-20-22(14-19)10-11-23)17-8-5-9-18(12-17)16-6-3-2-4-7-16/h2-9,12-15,21,23H,10-11H2,1H3. The highest BCUT2D eigenvalue weighted by Gasteiger charge is 2.08. The second-order valence-corrected chi connectivity index (χ2v) is 5.57. The maximum Gasteiger partial charge on any atom is 0.0731 e. The van der Waals surface area contributed by atoms with E-state index in [0.717, 1.165) is 5.69 Å². The van der Waals surface area contributed by atoms with Crippen LogP contribution < -0.4 is 5.32 Å². The van der Waals surface area contributed by atoms with E-state index in [0.29, 0.717) is 6.54 Å². The lowest BCUT2D eigenvalue weighted by Gasteiger charge is -2.15. The van der Waals surface area contributed by atoms with Gasteiger partial charge >= 0.3 is 0 Å². The number of aromatic nitrogens is 2. The van der Waals surface area contributed by atoms with Gasteiger partial charge in [-0.15, -0.1) is 0 Å². The molecule has 0 spiro atoms. The lowest BCUT2D eigenvalue weighted by molar-refractivity contribution is 0.269. The van der Waals surface area contributed by atoms with E-state index in [1.54, 1.807) is 10.9 Å². The van der Waals surface area contributed by atoms with E-state index >= 15 is 0 Å². The maximum absolute atomic E-state index is 8.95. The summed E-state index contributed by atoms with van der Waals surface area (Å²) in [5.74, 6) is 0. The van der Waals surface area contributed by atoms with Crippen LogP contribution in [0.4, 0.5) is 5.69 Å². The molecule has 0 bridgehead atoms. The molecule has 1 unspecified atom stereocenters. The van der Waals surface area contributed by atoms with Crippen molar-refractivity contribution in [3.63, 3.8) is 0 Å². The highest BCUT2D eigenvalue weighted by Crippen LogP contribution is 2.25. The molecule has 2 aromatic carbocycles. The average molecular weight is 307 g/mol. The summed E-state index contributed by atoms with van der Waals surface area (Å²) in [6.07, 6.45) is 3.70. The minimum atomic E-state index is 0.0931. The topological polar surface area (TPSA) is 50.1 Å². The fraction of sp³-hybridized carbons (Fsp3) is 0.211. The highest BCUT2D eigenvalue weighted by molar-refractivity contribution is 5.64. The lowest BCUT2D eigenvalue weighted by atomic mass is 10.00. The van der Waals surface area contributed by atoms with Gasteiger partial charge in [0.1, 0.15) is 0 Å². The van der Waals surface area contributed by atoms with Gasteiger partial charge in [0.15, 0.2) is 0 Å². The Morgan fingerprint density at radius 2 is 1.87 bits per heavy atom. The Morgan fingerprint density at radius 3 is 2.65 bits per heavy atom. The molecule has 0 aliphatic rings. The largest absolute Gasteiger partial charge is 0.394 e. The van der Waals surface area contributed by atoms with Crippen molar-refractivity contribution in [1.82, 2.24) is 9.78 Å². The summed E-state index contributed by atoms with van der Waals surface area (Å²) in [7, 11) is 0. The molecule has 118 valence electrons. The van der Waals surface area contributed by atoms with Crippen molar-refractivity contribution in [2.24, 2.45) is 0 Å².